The predicted octanol–water partition coefficient (Wildman–Crippen LogP) is 2.96. The number of alkyl halides is 1. The zero-order chi connectivity index (χ0) is 20.1. The monoisotopic (exact) mass is 385 g/mol. The van der Waals surface area contributed by atoms with Crippen molar-refractivity contribution < 1.29 is 18.7 Å². The van der Waals surface area contributed by atoms with Crippen LogP contribution in [0, 0.1) is 5.41 Å². The molecule has 6 nitrogen and oxygen atoms in total. The Morgan fingerprint density at radius 3 is 2.41 bits per heavy atom. The van der Waals surface area contributed by atoms with Crippen LogP contribution in [-0.4, -0.2) is 72.8 Å². The van der Waals surface area contributed by atoms with Crippen molar-refractivity contribution in [1.29, 1.82) is 0 Å². The standard InChI is InChI=1S/C20H36FN3O3/c1-5-27-18(26)24-11-6-7-16(8-12-24)23-13-9-20(21,10-14-23)17(25)22-15-19(2,3)4/h16H,5-15H2,1-4H3,(H,22,25). The average molecular weight is 386 g/mol. The summed E-state index contributed by atoms with van der Waals surface area (Å²) in [5.41, 5.74) is -1.82. The summed E-state index contributed by atoms with van der Waals surface area (Å²) >= 11 is 0. The molecule has 2 fully saturated rings. The highest BCUT2D eigenvalue weighted by Gasteiger charge is 2.43. The summed E-state index contributed by atoms with van der Waals surface area (Å²) in [5.74, 6) is -0.466. The number of carbonyl (C=O) groups excluding carboxylic acids is 2. The Morgan fingerprint density at radius 1 is 1.15 bits per heavy atom. The highest BCUT2D eigenvalue weighted by atomic mass is 19.1. The minimum atomic E-state index is -1.76. The van der Waals surface area contributed by atoms with Crippen molar-refractivity contribution in [3.05, 3.63) is 0 Å². The molecule has 0 aromatic carbocycles. The summed E-state index contributed by atoms with van der Waals surface area (Å²) in [6.07, 6.45) is 3.02. The van der Waals surface area contributed by atoms with Gasteiger partial charge in [0.15, 0.2) is 5.67 Å². The van der Waals surface area contributed by atoms with E-state index in [1.54, 1.807) is 4.90 Å². The van der Waals surface area contributed by atoms with Gasteiger partial charge in [0.1, 0.15) is 0 Å². The third-order valence-corrected chi connectivity index (χ3v) is 5.52. The number of amides is 2. The lowest BCUT2D eigenvalue weighted by molar-refractivity contribution is -0.137. The first-order valence-electron chi connectivity index (χ1n) is 10.3. The molecule has 1 unspecified atom stereocenters. The number of ether oxygens (including phenoxy) is 1. The average Bonchev–Trinajstić information content (AvgIpc) is 2.86. The SMILES string of the molecule is CCOC(=O)N1CCCC(N2CCC(F)(C(=O)NCC(C)(C)C)CC2)CC1. The van der Waals surface area contributed by atoms with Crippen LogP contribution in [0.15, 0.2) is 0 Å². The van der Waals surface area contributed by atoms with Crippen LogP contribution in [0.5, 0.6) is 0 Å². The second kappa shape index (κ2) is 9.22. The minimum Gasteiger partial charge on any atom is -0.450 e. The van der Waals surface area contributed by atoms with Crippen molar-refractivity contribution in [2.45, 2.75) is 71.5 Å². The third-order valence-electron chi connectivity index (χ3n) is 5.52. The van der Waals surface area contributed by atoms with E-state index in [9.17, 15) is 9.59 Å². The normalized spacial score (nSPS) is 24.2. The molecule has 2 aliphatic rings. The Hall–Kier alpha value is -1.37. The fourth-order valence-electron chi connectivity index (χ4n) is 3.82. The topological polar surface area (TPSA) is 61.9 Å². The van der Waals surface area contributed by atoms with Gasteiger partial charge in [-0.1, -0.05) is 20.8 Å². The Kier molecular flexibility index (Phi) is 7.48. The second-order valence-electron chi connectivity index (χ2n) is 9.02. The van der Waals surface area contributed by atoms with Crippen molar-refractivity contribution in [3.63, 3.8) is 0 Å². The van der Waals surface area contributed by atoms with Gasteiger partial charge < -0.3 is 19.9 Å². The Labute approximate surface area is 162 Å². The maximum atomic E-state index is 15.1. The lowest BCUT2D eigenvalue weighted by Crippen LogP contribution is -2.54. The van der Waals surface area contributed by atoms with Crippen molar-refractivity contribution in [1.82, 2.24) is 15.1 Å². The molecule has 27 heavy (non-hydrogen) atoms. The molecule has 1 N–H and O–H groups in total. The van der Waals surface area contributed by atoms with Crippen molar-refractivity contribution in [2.75, 3.05) is 39.3 Å². The molecule has 2 amide bonds. The molecule has 0 aromatic rings. The van der Waals surface area contributed by atoms with Gasteiger partial charge in [0.05, 0.1) is 6.61 Å². The quantitative estimate of drug-likeness (QED) is 0.808. The molecule has 2 rings (SSSR count). The number of hydrogen-bond acceptors (Lipinski definition) is 4. The molecule has 7 heteroatoms. The van der Waals surface area contributed by atoms with Gasteiger partial charge in [0.25, 0.3) is 5.91 Å². The van der Waals surface area contributed by atoms with E-state index >= 15 is 4.39 Å². The van der Waals surface area contributed by atoms with Gasteiger partial charge >= 0.3 is 6.09 Å². The molecule has 0 aromatic heterocycles. The number of piperidine rings is 1. The number of halogens is 1. The molecular formula is C20H36FN3O3. The van der Waals surface area contributed by atoms with E-state index in [1.165, 1.54) is 0 Å². The van der Waals surface area contributed by atoms with Crippen LogP contribution in [0.4, 0.5) is 9.18 Å². The van der Waals surface area contributed by atoms with Crippen LogP contribution >= 0.6 is 0 Å². The summed E-state index contributed by atoms with van der Waals surface area (Å²) in [7, 11) is 0. The maximum absolute atomic E-state index is 15.1. The van der Waals surface area contributed by atoms with Crippen LogP contribution in [0.3, 0.4) is 0 Å². The lowest BCUT2D eigenvalue weighted by Gasteiger charge is -2.39. The Bertz CT molecular complexity index is 513. The van der Waals surface area contributed by atoms with E-state index in [-0.39, 0.29) is 24.3 Å². The molecule has 2 aliphatic heterocycles. The molecule has 0 saturated carbocycles. The van der Waals surface area contributed by atoms with E-state index in [2.05, 4.69) is 10.2 Å². The second-order valence-corrected chi connectivity index (χ2v) is 9.02. The van der Waals surface area contributed by atoms with Gasteiger partial charge in [-0.3, -0.25) is 4.79 Å². The minimum absolute atomic E-state index is 0.0577. The van der Waals surface area contributed by atoms with Crippen LogP contribution in [0.1, 0.15) is 59.8 Å². The van der Waals surface area contributed by atoms with Gasteiger partial charge in [-0.2, -0.15) is 0 Å². The summed E-state index contributed by atoms with van der Waals surface area (Å²) < 4.78 is 20.2. The first-order valence-corrected chi connectivity index (χ1v) is 10.3. The van der Waals surface area contributed by atoms with Crippen LogP contribution in [0.25, 0.3) is 0 Å². The van der Waals surface area contributed by atoms with Crippen molar-refractivity contribution in [3.8, 4) is 0 Å². The van der Waals surface area contributed by atoms with Gasteiger partial charge in [0, 0.05) is 51.6 Å². The summed E-state index contributed by atoms with van der Waals surface area (Å²) in [6.45, 7) is 11.3. The number of rotatable bonds is 4. The molecular weight excluding hydrogens is 349 g/mol. The zero-order valence-electron chi connectivity index (χ0n) is 17.4. The highest BCUT2D eigenvalue weighted by molar-refractivity contribution is 5.85. The van der Waals surface area contributed by atoms with Crippen molar-refractivity contribution >= 4 is 12.0 Å². The number of nitrogens with one attached hydrogen (secondary N) is 1. The fraction of sp³-hybridized carbons (Fsp3) is 0.900. The predicted molar refractivity (Wildman–Crippen MR) is 103 cm³/mol. The van der Waals surface area contributed by atoms with E-state index < -0.39 is 11.6 Å². The zero-order valence-corrected chi connectivity index (χ0v) is 17.4. The van der Waals surface area contributed by atoms with E-state index in [0.717, 1.165) is 19.3 Å². The molecule has 0 bridgehead atoms. The van der Waals surface area contributed by atoms with E-state index in [0.29, 0.717) is 45.4 Å². The van der Waals surface area contributed by atoms with E-state index in [1.807, 2.05) is 27.7 Å². The maximum Gasteiger partial charge on any atom is 0.409 e. The lowest BCUT2D eigenvalue weighted by atomic mass is 9.89. The van der Waals surface area contributed by atoms with E-state index in [4.69, 9.17) is 4.74 Å². The Morgan fingerprint density at radius 2 is 1.81 bits per heavy atom. The molecule has 2 saturated heterocycles. The molecule has 0 radical (unpaired) electrons. The van der Waals surface area contributed by atoms with Gasteiger partial charge in [-0.15, -0.1) is 0 Å². The number of carbonyl (C=O) groups is 2. The molecule has 156 valence electrons. The first-order chi connectivity index (χ1) is 12.6. The third kappa shape index (κ3) is 6.33. The fourth-order valence-corrected chi connectivity index (χ4v) is 3.82. The van der Waals surface area contributed by atoms with Gasteiger partial charge in [-0.05, 0) is 31.6 Å². The number of likely N-dealkylation sites (tertiary alicyclic amines) is 2. The largest absolute Gasteiger partial charge is 0.450 e. The van der Waals surface area contributed by atoms with Gasteiger partial charge in [0.2, 0.25) is 0 Å². The van der Waals surface area contributed by atoms with Crippen LogP contribution in [0.2, 0.25) is 0 Å². The molecule has 2 heterocycles. The number of nitrogens with zero attached hydrogens (tertiary/aromatic N) is 2. The van der Waals surface area contributed by atoms with Crippen LogP contribution in [-0.2, 0) is 9.53 Å². The van der Waals surface area contributed by atoms with Crippen LogP contribution < -0.4 is 5.32 Å². The highest BCUT2D eigenvalue weighted by Crippen LogP contribution is 2.30. The first kappa shape index (κ1) is 21.9. The number of hydrogen-bond donors (Lipinski definition) is 1. The molecule has 0 spiro atoms. The molecule has 1 atom stereocenters. The molecule has 0 aliphatic carbocycles. The van der Waals surface area contributed by atoms with Gasteiger partial charge in [-0.25, -0.2) is 9.18 Å². The summed E-state index contributed by atoms with van der Waals surface area (Å²) in [6, 6.07) is 0.339. The summed E-state index contributed by atoms with van der Waals surface area (Å²) in [4.78, 5) is 28.3. The van der Waals surface area contributed by atoms with Crippen molar-refractivity contribution in [2.24, 2.45) is 5.41 Å². The Balaban J connectivity index is 1.82. The smallest absolute Gasteiger partial charge is 0.409 e. The summed E-state index contributed by atoms with van der Waals surface area (Å²) in [5, 5.41) is 2.78.